The van der Waals surface area contributed by atoms with Crippen LogP contribution in [0, 0.1) is 0 Å². The lowest BCUT2D eigenvalue weighted by Crippen LogP contribution is -2.10. The quantitative estimate of drug-likeness (QED) is 0.230. The molecule has 3 aromatic rings. The van der Waals surface area contributed by atoms with Crippen molar-refractivity contribution in [2.75, 3.05) is 0 Å². The third kappa shape index (κ3) is 6.98. The van der Waals surface area contributed by atoms with Crippen LogP contribution in [0.25, 0.3) is 0 Å². The summed E-state index contributed by atoms with van der Waals surface area (Å²) < 4.78 is 10.7. The minimum atomic E-state index is -0.550. The van der Waals surface area contributed by atoms with Gasteiger partial charge in [-0.05, 0) is 79.1 Å². The Kier molecular flexibility index (Phi) is 8.44. The first kappa shape index (κ1) is 23.1. The van der Waals surface area contributed by atoms with Gasteiger partial charge in [0.25, 0.3) is 0 Å². The lowest BCUT2D eigenvalue weighted by molar-refractivity contribution is 0.0730. The molecule has 166 valence electrons. The minimum absolute atomic E-state index is 0.0708. The molecular formula is C27H28O5. The molecule has 0 aliphatic carbocycles. The van der Waals surface area contributed by atoms with Crippen LogP contribution in [0.2, 0.25) is 0 Å². The Labute approximate surface area is 188 Å². The van der Waals surface area contributed by atoms with Crippen molar-refractivity contribution in [1.29, 1.82) is 0 Å². The summed E-state index contributed by atoms with van der Waals surface area (Å²) in [5.41, 5.74) is 1.91. The van der Waals surface area contributed by atoms with E-state index in [1.807, 2.05) is 24.3 Å². The Morgan fingerprint density at radius 1 is 0.656 bits per heavy atom. The highest BCUT2D eigenvalue weighted by molar-refractivity contribution is 5.92. The third-order valence-electron chi connectivity index (χ3n) is 5.11. The summed E-state index contributed by atoms with van der Waals surface area (Å²) in [6.45, 7) is 2.21. The van der Waals surface area contributed by atoms with Crippen molar-refractivity contribution in [3.8, 4) is 17.2 Å². The lowest BCUT2D eigenvalue weighted by atomic mass is 10.1. The molecule has 0 saturated carbocycles. The molecule has 0 fully saturated rings. The maximum Gasteiger partial charge on any atom is 0.343 e. The summed E-state index contributed by atoms with van der Waals surface area (Å²) in [7, 11) is 0. The number of rotatable bonds is 10. The molecule has 3 aromatic carbocycles. The van der Waals surface area contributed by atoms with Gasteiger partial charge in [0.05, 0.1) is 11.1 Å². The van der Waals surface area contributed by atoms with Gasteiger partial charge in [0, 0.05) is 0 Å². The largest absolute Gasteiger partial charge is 0.508 e. The van der Waals surface area contributed by atoms with Gasteiger partial charge in [-0.15, -0.1) is 0 Å². The molecule has 5 heteroatoms. The number of phenolic OH excluding ortho intramolecular Hbond substituents is 1. The predicted molar refractivity (Wildman–Crippen MR) is 123 cm³/mol. The Balaban J connectivity index is 1.50. The van der Waals surface area contributed by atoms with Gasteiger partial charge in [-0.1, -0.05) is 44.7 Å². The van der Waals surface area contributed by atoms with Gasteiger partial charge in [-0.3, -0.25) is 0 Å². The van der Waals surface area contributed by atoms with Crippen LogP contribution in [0.4, 0.5) is 0 Å². The number of unbranched alkanes of at least 4 members (excludes halogenated alkanes) is 4. The van der Waals surface area contributed by atoms with Crippen molar-refractivity contribution in [2.24, 2.45) is 0 Å². The van der Waals surface area contributed by atoms with Gasteiger partial charge >= 0.3 is 11.9 Å². The number of esters is 2. The van der Waals surface area contributed by atoms with E-state index in [1.165, 1.54) is 74.1 Å². The van der Waals surface area contributed by atoms with Crippen molar-refractivity contribution in [1.82, 2.24) is 0 Å². The highest BCUT2D eigenvalue weighted by Gasteiger charge is 2.12. The Morgan fingerprint density at radius 3 is 1.66 bits per heavy atom. The summed E-state index contributed by atoms with van der Waals surface area (Å²) in [5.74, 6) is -0.156. The summed E-state index contributed by atoms with van der Waals surface area (Å²) in [6, 6.07) is 19.6. The van der Waals surface area contributed by atoms with Gasteiger partial charge in [0.1, 0.15) is 17.2 Å². The number of hydrogen-bond donors (Lipinski definition) is 1. The summed E-state index contributed by atoms with van der Waals surface area (Å²) in [5, 5.41) is 9.29. The molecule has 0 aliphatic rings. The second-order valence-electron chi connectivity index (χ2n) is 7.66. The van der Waals surface area contributed by atoms with E-state index in [0.29, 0.717) is 22.6 Å². The van der Waals surface area contributed by atoms with Crippen LogP contribution in [-0.4, -0.2) is 17.0 Å². The fourth-order valence-electron chi connectivity index (χ4n) is 3.25. The maximum absolute atomic E-state index is 12.4. The van der Waals surface area contributed by atoms with Crippen LogP contribution in [0.15, 0.2) is 72.8 Å². The normalized spacial score (nSPS) is 10.5. The summed E-state index contributed by atoms with van der Waals surface area (Å²) in [4.78, 5) is 24.5. The molecule has 1 N–H and O–H groups in total. The summed E-state index contributed by atoms with van der Waals surface area (Å²) >= 11 is 0. The number of carbonyl (C=O) groups excluding carboxylic acids is 2. The molecule has 0 aliphatic heterocycles. The number of aryl methyl sites for hydroxylation is 1. The Morgan fingerprint density at radius 2 is 1.12 bits per heavy atom. The molecule has 5 nitrogen and oxygen atoms in total. The van der Waals surface area contributed by atoms with E-state index in [9.17, 15) is 14.7 Å². The SMILES string of the molecule is CCCCCCCc1ccc(OC(=O)c2ccc(OC(=O)c3ccc(O)cc3)cc2)cc1. The van der Waals surface area contributed by atoms with E-state index >= 15 is 0 Å². The van der Waals surface area contributed by atoms with Crippen molar-refractivity contribution in [2.45, 2.75) is 45.4 Å². The molecular weight excluding hydrogens is 404 g/mol. The van der Waals surface area contributed by atoms with E-state index in [1.54, 1.807) is 12.1 Å². The zero-order chi connectivity index (χ0) is 22.8. The third-order valence-corrected chi connectivity index (χ3v) is 5.11. The van der Waals surface area contributed by atoms with Gasteiger partial charge in [0.2, 0.25) is 0 Å². The van der Waals surface area contributed by atoms with Gasteiger partial charge in [0.15, 0.2) is 0 Å². The van der Waals surface area contributed by atoms with Gasteiger partial charge in [-0.25, -0.2) is 9.59 Å². The first-order chi connectivity index (χ1) is 15.5. The molecule has 32 heavy (non-hydrogen) atoms. The van der Waals surface area contributed by atoms with Crippen molar-refractivity contribution >= 4 is 11.9 Å². The number of aromatic hydroxyl groups is 1. The van der Waals surface area contributed by atoms with Crippen molar-refractivity contribution < 1.29 is 24.2 Å². The van der Waals surface area contributed by atoms with Crippen molar-refractivity contribution in [3.05, 3.63) is 89.5 Å². The molecule has 0 bridgehead atoms. The Bertz CT molecular complexity index is 1010. The summed E-state index contributed by atoms with van der Waals surface area (Å²) in [6.07, 6.45) is 7.25. The molecule has 3 rings (SSSR count). The molecule has 0 unspecified atom stereocenters. The molecule has 0 spiro atoms. The van der Waals surface area contributed by atoms with Gasteiger partial charge in [-0.2, -0.15) is 0 Å². The second-order valence-corrected chi connectivity index (χ2v) is 7.66. The van der Waals surface area contributed by atoms with Crippen molar-refractivity contribution in [3.63, 3.8) is 0 Å². The average molecular weight is 433 g/mol. The van der Waals surface area contributed by atoms with E-state index in [-0.39, 0.29) is 5.75 Å². The number of carbonyl (C=O) groups is 2. The highest BCUT2D eigenvalue weighted by atomic mass is 16.5. The molecule has 0 heterocycles. The predicted octanol–water partition coefficient (Wildman–Crippen LogP) is 6.34. The smallest absolute Gasteiger partial charge is 0.343 e. The fraction of sp³-hybridized carbons (Fsp3) is 0.259. The number of benzene rings is 3. The molecule has 0 radical (unpaired) electrons. The zero-order valence-corrected chi connectivity index (χ0v) is 18.3. The number of ether oxygens (including phenoxy) is 2. The Hall–Kier alpha value is -3.60. The van der Waals surface area contributed by atoms with E-state index in [2.05, 4.69) is 6.92 Å². The second kappa shape index (κ2) is 11.7. The van der Waals surface area contributed by atoms with Crippen LogP contribution < -0.4 is 9.47 Å². The van der Waals surface area contributed by atoms with E-state index in [4.69, 9.17) is 9.47 Å². The minimum Gasteiger partial charge on any atom is -0.508 e. The van der Waals surface area contributed by atoms with E-state index < -0.39 is 11.9 Å². The van der Waals surface area contributed by atoms with Crippen LogP contribution >= 0.6 is 0 Å². The first-order valence-electron chi connectivity index (χ1n) is 11.0. The topological polar surface area (TPSA) is 72.8 Å². The number of hydrogen-bond acceptors (Lipinski definition) is 5. The molecule has 0 aromatic heterocycles. The molecule has 0 saturated heterocycles. The van der Waals surface area contributed by atoms with Crippen LogP contribution in [0.1, 0.15) is 65.3 Å². The highest BCUT2D eigenvalue weighted by Crippen LogP contribution is 2.19. The van der Waals surface area contributed by atoms with Gasteiger partial charge < -0.3 is 14.6 Å². The standard InChI is InChI=1S/C27H28O5/c1-2-3-4-5-6-7-20-8-16-24(17-9-20)31-27(30)22-12-18-25(19-13-22)32-26(29)21-10-14-23(28)15-11-21/h8-19,28H,2-7H2,1H3. The monoisotopic (exact) mass is 432 g/mol. The molecule has 0 atom stereocenters. The lowest BCUT2D eigenvalue weighted by Gasteiger charge is -2.08. The zero-order valence-electron chi connectivity index (χ0n) is 18.3. The fourth-order valence-corrected chi connectivity index (χ4v) is 3.25. The van der Waals surface area contributed by atoms with Crippen LogP contribution in [-0.2, 0) is 6.42 Å². The number of phenols is 1. The van der Waals surface area contributed by atoms with E-state index in [0.717, 1.165) is 6.42 Å². The van der Waals surface area contributed by atoms with Crippen LogP contribution in [0.5, 0.6) is 17.2 Å². The first-order valence-corrected chi connectivity index (χ1v) is 11.0. The molecule has 0 amide bonds. The average Bonchev–Trinajstić information content (AvgIpc) is 2.81. The maximum atomic E-state index is 12.4. The van der Waals surface area contributed by atoms with Crippen LogP contribution in [0.3, 0.4) is 0 Å².